The predicted molar refractivity (Wildman–Crippen MR) is 63.3 cm³/mol. The Kier molecular flexibility index (Phi) is 2.56. The molecule has 1 heterocycles. The van der Waals surface area contributed by atoms with E-state index in [1.54, 1.807) is 12.1 Å². The molecule has 0 unspecified atom stereocenters. The van der Waals surface area contributed by atoms with E-state index in [2.05, 4.69) is 0 Å². The van der Waals surface area contributed by atoms with Gasteiger partial charge in [0.25, 0.3) is 0 Å². The second-order valence-corrected chi connectivity index (χ2v) is 4.26. The van der Waals surface area contributed by atoms with Gasteiger partial charge >= 0.3 is 0 Å². The maximum atomic E-state index is 12.1. The smallest absolute Gasteiger partial charge is 0.196 e. The fraction of sp³-hybridized carbons (Fsp3) is 0.0833. The standard InChI is InChI=1S/C12H11NOS/c1-8-7-15-12(13)10(8)11(14)9-5-3-2-4-6-9/h2-7H,13H2,1H3. The second-order valence-electron chi connectivity index (χ2n) is 3.35. The van der Waals surface area contributed by atoms with Gasteiger partial charge in [0.15, 0.2) is 5.78 Å². The van der Waals surface area contributed by atoms with Gasteiger partial charge in [0.05, 0.1) is 10.6 Å². The van der Waals surface area contributed by atoms with Crippen LogP contribution in [0.5, 0.6) is 0 Å². The molecule has 0 atom stereocenters. The number of carbonyl (C=O) groups excluding carboxylic acids is 1. The van der Waals surface area contributed by atoms with Crippen molar-refractivity contribution in [3.8, 4) is 0 Å². The highest BCUT2D eigenvalue weighted by Gasteiger charge is 2.15. The molecule has 15 heavy (non-hydrogen) atoms. The van der Waals surface area contributed by atoms with E-state index in [0.717, 1.165) is 5.56 Å². The third-order valence-electron chi connectivity index (χ3n) is 2.27. The summed E-state index contributed by atoms with van der Waals surface area (Å²) in [6, 6.07) is 9.20. The van der Waals surface area contributed by atoms with Crippen LogP contribution < -0.4 is 5.73 Å². The van der Waals surface area contributed by atoms with Gasteiger partial charge in [0, 0.05) is 5.56 Å². The Balaban J connectivity index is 2.46. The highest BCUT2D eigenvalue weighted by molar-refractivity contribution is 7.14. The zero-order valence-corrected chi connectivity index (χ0v) is 9.17. The van der Waals surface area contributed by atoms with Crippen LogP contribution >= 0.6 is 11.3 Å². The number of carbonyl (C=O) groups is 1. The minimum Gasteiger partial charge on any atom is -0.390 e. The van der Waals surface area contributed by atoms with E-state index in [0.29, 0.717) is 16.1 Å². The van der Waals surface area contributed by atoms with Crippen LogP contribution in [-0.2, 0) is 0 Å². The molecule has 0 saturated heterocycles. The van der Waals surface area contributed by atoms with Crippen molar-refractivity contribution in [3.05, 3.63) is 52.4 Å². The van der Waals surface area contributed by atoms with Crippen molar-refractivity contribution in [2.45, 2.75) is 6.92 Å². The van der Waals surface area contributed by atoms with Gasteiger partial charge in [-0.1, -0.05) is 30.3 Å². The number of hydrogen-bond donors (Lipinski definition) is 1. The lowest BCUT2D eigenvalue weighted by Gasteiger charge is -2.01. The maximum absolute atomic E-state index is 12.1. The fourth-order valence-corrected chi connectivity index (χ4v) is 2.28. The van der Waals surface area contributed by atoms with Crippen molar-refractivity contribution in [2.75, 3.05) is 5.73 Å². The van der Waals surface area contributed by atoms with E-state index in [4.69, 9.17) is 5.73 Å². The Bertz CT molecular complexity index is 468. The first-order valence-electron chi connectivity index (χ1n) is 4.63. The van der Waals surface area contributed by atoms with Crippen LogP contribution in [0.1, 0.15) is 21.5 Å². The third-order valence-corrected chi connectivity index (χ3v) is 3.20. The molecule has 0 radical (unpaired) electrons. The molecule has 0 bridgehead atoms. The number of rotatable bonds is 2. The van der Waals surface area contributed by atoms with Crippen LogP contribution in [0.2, 0.25) is 0 Å². The van der Waals surface area contributed by atoms with Crippen LogP contribution in [0.25, 0.3) is 0 Å². The Labute approximate surface area is 92.4 Å². The van der Waals surface area contributed by atoms with E-state index in [9.17, 15) is 4.79 Å². The average molecular weight is 217 g/mol. The molecule has 1 aromatic heterocycles. The SMILES string of the molecule is Cc1csc(N)c1C(=O)c1ccccc1. The molecule has 1 aromatic carbocycles. The zero-order valence-electron chi connectivity index (χ0n) is 8.36. The number of thiophene rings is 1. The van der Waals surface area contributed by atoms with E-state index in [-0.39, 0.29) is 5.78 Å². The van der Waals surface area contributed by atoms with Gasteiger partial charge < -0.3 is 5.73 Å². The van der Waals surface area contributed by atoms with Gasteiger partial charge in [-0.25, -0.2) is 0 Å². The van der Waals surface area contributed by atoms with E-state index in [1.165, 1.54) is 11.3 Å². The molecule has 0 saturated carbocycles. The first-order valence-corrected chi connectivity index (χ1v) is 5.51. The van der Waals surface area contributed by atoms with Gasteiger partial charge in [-0.05, 0) is 17.9 Å². The summed E-state index contributed by atoms with van der Waals surface area (Å²) in [4.78, 5) is 12.1. The minimum absolute atomic E-state index is 0.00634. The second kappa shape index (κ2) is 3.87. The Morgan fingerprint density at radius 3 is 2.47 bits per heavy atom. The molecule has 76 valence electrons. The number of anilines is 1. The first kappa shape index (κ1) is 9.93. The van der Waals surface area contributed by atoms with Gasteiger partial charge in [-0.2, -0.15) is 0 Å². The van der Waals surface area contributed by atoms with E-state index >= 15 is 0 Å². The highest BCUT2D eigenvalue weighted by Crippen LogP contribution is 2.26. The maximum Gasteiger partial charge on any atom is 0.196 e. The van der Waals surface area contributed by atoms with Crippen molar-refractivity contribution in [3.63, 3.8) is 0 Å². The monoisotopic (exact) mass is 217 g/mol. The van der Waals surface area contributed by atoms with E-state index in [1.807, 2.05) is 30.5 Å². The van der Waals surface area contributed by atoms with Gasteiger partial charge in [-0.15, -0.1) is 11.3 Å². The summed E-state index contributed by atoms with van der Waals surface area (Å²) in [5.41, 5.74) is 8.06. The van der Waals surface area contributed by atoms with Crippen LogP contribution in [0, 0.1) is 6.92 Å². The first-order chi connectivity index (χ1) is 7.20. The van der Waals surface area contributed by atoms with Gasteiger partial charge in [-0.3, -0.25) is 4.79 Å². The fourth-order valence-electron chi connectivity index (χ4n) is 1.49. The normalized spacial score (nSPS) is 10.2. The lowest BCUT2D eigenvalue weighted by Crippen LogP contribution is -2.04. The minimum atomic E-state index is 0.00634. The Hall–Kier alpha value is -1.61. The molecule has 0 fully saturated rings. The summed E-state index contributed by atoms with van der Waals surface area (Å²) in [6.07, 6.45) is 0. The molecule has 0 aliphatic carbocycles. The molecule has 0 aliphatic rings. The zero-order chi connectivity index (χ0) is 10.8. The molecule has 2 N–H and O–H groups in total. The molecule has 2 rings (SSSR count). The van der Waals surface area contributed by atoms with Crippen molar-refractivity contribution >= 4 is 22.1 Å². The molecule has 2 aromatic rings. The molecule has 0 amide bonds. The van der Waals surface area contributed by atoms with Crippen LogP contribution in [0.3, 0.4) is 0 Å². The molecule has 0 spiro atoms. The number of nitrogen functional groups attached to an aromatic ring is 1. The van der Waals surface area contributed by atoms with Gasteiger partial charge in [0.1, 0.15) is 0 Å². The van der Waals surface area contributed by atoms with Crippen LogP contribution in [0.15, 0.2) is 35.7 Å². The number of benzene rings is 1. The number of hydrogen-bond acceptors (Lipinski definition) is 3. The summed E-state index contributed by atoms with van der Waals surface area (Å²) in [6.45, 7) is 1.91. The quantitative estimate of drug-likeness (QED) is 0.786. The number of ketones is 1. The topological polar surface area (TPSA) is 43.1 Å². The van der Waals surface area contributed by atoms with Crippen molar-refractivity contribution in [2.24, 2.45) is 0 Å². The number of nitrogens with two attached hydrogens (primary N) is 1. The number of aryl methyl sites for hydroxylation is 1. The summed E-state index contributed by atoms with van der Waals surface area (Å²) >= 11 is 1.41. The molecule has 0 aliphatic heterocycles. The molecular formula is C12H11NOS. The predicted octanol–water partition coefficient (Wildman–Crippen LogP) is 2.87. The summed E-state index contributed by atoms with van der Waals surface area (Å²) in [5.74, 6) is 0.00634. The summed E-state index contributed by atoms with van der Waals surface area (Å²) < 4.78 is 0. The lowest BCUT2D eigenvalue weighted by molar-refractivity contribution is 0.103. The Morgan fingerprint density at radius 2 is 1.93 bits per heavy atom. The largest absolute Gasteiger partial charge is 0.390 e. The van der Waals surface area contributed by atoms with Gasteiger partial charge in [0.2, 0.25) is 0 Å². The van der Waals surface area contributed by atoms with E-state index < -0.39 is 0 Å². The van der Waals surface area contributed by atoms with Crippen molar-refractivity contribution in [1.29, 1.82) is 0 Å². The highest BCUT2D eigenvalue weighted by atomic mass is 32.1. The van der Waals surface area contributed by atoms with Crippen molar-refractivity contribution in [1.82, 2.24) is 0 Å². The van der Waals surface area contributed by atoms with Crippen LogP contribution in [-0.4, -0.2) is 5.78 Å². The third kappa shape index (κ3) is 1.78. The summed E-state index contributed by atoms with van der Waals surface area (Å²) in [5, 5.41) is 2.51. The molecule has 3 heteroatoms. The molecular weight excluding hydrogens is 206 g/mol. The lowest BCUT2D eigenvalue weighted by atomic mass is 10.0. The van der Waals surface area contributed by atoms with Crippen LogP contribution in [0.4, 0.5) is 5.00 Å². The summed E-state index contributed by atoms with van der Waals surface area (Å²) in [7, 11) is 0. The average Bonchev–Trinajstić information content (AvgIpc) is 2.59. The Morgan fingerprint density at radius 1 is 1.27 bits per heavy atom. The van der Waals surface area contributed by atoms with Crippen molar-refractivity contribution < 1.29 is 4.79 Å². The molecule has 2 nitrogen and oxygen atoms in total.